The van der Waals surface area contributed by atoms with Crippen LogP contribution >= 0.6 is 11.5 Å². The van der Waals surface area contributed by atoms with Crippen LogP contribution in [0.1, 0.15) is 33.8 Å². The van der Waals surface area contributed by atoms with Crippen LogP contribution in [0, 0.1) is 6.92 Å². The van der Waals surface area contributed by atoms with Crippen LogP contribution in [-0.4, -0.2) is 35.3 Å². The lowest BCUT2D eigenvalue weighted by atomic mass is 9.74. The maximum absolute atomic E-state index is 12.3. The Morgan fingerprint density at radius 1 is 1.32 bits per heavy atom. The Balaban J connectivity index is 1.77. The van der Waals surface area contributed by atoms with Crippen LogP contribution < -0.4 is 5.32 Å². The van der Waals surface area contributed by atoms with Crippen molar-refractivity contribution in [2.24, 2.45) is 0 Å². The van der Waals surface area contributed by atoms with Crippen LogP contribution in [0.4, 0.5) is 0 Å². The molecule has 1 N–H and O–H groups in total. The molecular formula is C16H19N3O2S. The zero-order chi connectivity index (χ0) is 15.4. The summed E-state index contributed by atoms with van der Waals surface area (Å²) in [6, 6.07) is 10.4. The Labute approximate surface area is 133 Å². The van der Waals surface area contributed by atoms with Gasteiger partial charge in [-0.2, -0.15) is 0 Å². The van der Waals surface area contributed by atoms with E-state index >= 15 is 0 Å². The summed E-state index contributed by atoms with van der Waals surface area (Å²) in [7, 11) is 0. The summed E-state index contributed by atoms with van der Waals surface area (Å²) < 4.78 is 9.34. The lowest BCUT2D eigenvalue weighted by Gasteiger charge is -2.37. The zero-order valence-corrected chi connectivity index (χ0v) is 13.4. The van der Waals surface area contributed by atoms with Crippen molar-refractivity contribution in [3.63, 3.8) is 0 Å². The smallest absolute Gasteiger partial charge is 0.264 e. The highest BCUT2D eigenvalue weighted by Gasteiger charge is 2.35. The van der Waals surface area contributed by atoms with E-state index in [1.807, 2.05) is 18.2 Å². The van der Waals surface area contributed by atoms with Gasteiger partial charge in [0.2, 0.25) is 0 Å². The molecule has 0 aliphatic carbocycles. The molecule has 1 aliphatic heterocycles. The van der Waals surface area contributed by atoms with E-state index in [0.717, 1.165) is 37.6 Å². The van der Waals surface area contributed by atoms with Gasteiger partial charge in [0.15, 0.2) is 0 Å². The molecule has 2 heterocycles. The number of carbonyl (C=O) groups is 1. The van der Waals surface area contributed by atoms with Gasteiger partial charge in [0.05, 0.1) is 5.69 Å². The molecule has 3 rings (SSSR count). The Hall–Kier alpha value is -1.79. The highest BCUT2D eigenvalue weighted by Crippen LogP contribution is 2.34. The predicted octanol–water partition coefficient (Wildman–Crippen LogP) is 2.32. The summed E-state index contributed by atoms with van der Waals surface area (Å²) in [6.07, 6.45) is 1.83. The van der Waals surface area contributed by atoms with Gasteiger partial charge >= 0.3 is 0 Å². The predicted molar refractivity (Wildman–Crippen MR) is 85.2 cm³/mol. The molecule has 0 radical (unpaired) electrons. The molecule has 1 fully saturated rings. The van der Waals surface area contributed by atoms with E-state index in [-0.39, 0.29) is 11.3 Å². The van der Waals surface area contributed by atoms with Gasteiger partial charge in [0, 0.05) is 25.2 Å². The Morgan fingerprint density at radius 2 is 2.05 bits per heavy atom. The first kappa shape index (κ1) is 15.1. The van der Waals surface area contributed by atoms with Crippen molar-refractivity contribution in [1.82, 2.24) is 14.9 Å². The second-order valence-electron chi connectivity index (χ2n) is 5.63. The van der Waals surface area contributed by atoms with Crippen LogP contribution in [0.25, 0.3) is 0 Å². The van der Waals surface area contributed by atoms with E-state index in [9.17, 15) is 4.79 Å². The molecule has 5 nitrogen and oxygen atoms in total. The van der Waals surface area contributed by atoms with Crippen molar-refractivity contribution in [1.29, 1.82) is 0 Å². The van der Waals surface area contributed by atoms with Gasteiger partial charge in [-0.15, -0.1) is 5.10 Å². The molecule has 0 atom stereocenters. The number of carbonyl (C=O) groups excluding carboxylic acids is 1. The number of benzene rings is 1. The molecule has 0 saturated carbocycles. The quantitative estimate of drug-likeness (QED) is 0.940. The van der Waals surface area contributed by atoms with Crippen molar-refractivity contribution in [2.75, 3.05) is 19.8 Å². The monoisotopic (exact) mass is 317 g/mol. The highest BCUT2D eigenvalue weighted by molar-refractivity contribution is 7.07. The maximum Gasteiger partial charge on any atom is 0.264 e. The van der Waals surface area contributed by atoms with Crippen molar-refractivity contribution >= 4 is 17.4 Å². The van der Waals surface area contributed by atoms with Crippen LogP contribution in [-0.2, 0) is 10.2 Å². The molecule has 0 bridgehead atoms. The number of aryl methyl sites for hydroxylation is 1. The number of amides is 1. The molecule has 1 aliphatic rings. The second-order valence-corrected chi connectivity index (χ2v) is 6.38. The van der Waals surface area contributed by atoms with E-state index in [2.05, 4.69) is 27.0 Å². The Morgan fingerprint density at radius 3 is 2.68 bits per heavy atom. The minimum atomic E-state index is -0.0886. The van der Waals surface area contributed by atoms with Gasteiger partial charge in [0.1, 0.15) is 4.88 Å². The SMILES string of the molecule is Cc1nnsc1C(=O)NCC1(c2ccccc2)CCOCC1. The largest absolute Gasteiger partial charge is 0.381 e. The van der Waals surface area contributed by atoms with Crippen LogP contribution in [0.3, 0.4) is 0 Å². The third-order valence-electron chi connectivity index (χ3n) is 4.28. The Kier molecular flexibility index (Phi) is 4.49. The number of nitrogens with zero attached hydrogens (tertiary/aromatic N) is 2. The summed E-state index contributed by atoms with van der Waals surface area (Å²) in [5, 5.41) is 6.97. The molecule has 0 spiro atoms. The normalized spacial score (nSPS) is 17.1. The van der Waals surface area contributed by atoms with Crippen molar-refractivity contribution < 1.29 is 9.53 Å². The minimum Gasteiger partial charge on any atom is -0.381 e. The number of rotatable bonds is 4. The molecule has 2 aromatic rings. The average molecular weight is 317 g/mol. The third kappa shape index (κ3) is 3.03. The van der Waals surface area contributed by atoms with E-state index < -0.39 is 0 Å². The van der Waals surface area contributed by atoms with E-state index in [1.54, 1.807) is 6.92 Å². The first-order valence-electron chi connectivity index (χ1n) is 7.42. The standard InChI is InChI=1S/C16H19N3O2S/c1-12-14(22-19-18-12)15(20)17-11-16(7-9-21-10-8-16)13-5-3-2-4-6-13/h2-6H,7-11H2,1H3,(H,17,20). The minimum absolute atomic E-state index is 0.0544. The van der Waals surface area contributed by atoms with Crippen LogP contribution in [0.5, 0.6) is 0 Å². The van der Waals surface area contributed by atoms with Gasteiger partial charge in [-0.3, -0.25) is 4.79 Å². The number of hydrogen-bond donors (Lipinski definition) is 1. The summed E-state index contributed by atoms with van der Waals surface area (Å²) >= 11 is 1.14. The molecule has 1 amide bonds. The van der Waals surface area contributed by atoms with Gasteiger partial charge in [0.25, 0.3) is 5.91 Å². The summed E-state index contributed by atoms with van der Waals surface area (Å²) in [5.41, 5.74) is 1.89. The Bertz CT molecular complexity index is 636. The molecule has 1 aromatic heterocycles. The second kappa shape index (κ2) is 6.54. The molecule has 1 aromatic carbocycles. The zero-order valence-electron chi connectivity index (χ0n) is 12.5. The number of hydrogen-bond acceptors (Lipinski definition) is 5. The van der Waals surface area contributed by atoms with Crippen molar-refractivity contribution in [2.45, 2.75) is 25.2 Å². The maximum atomic E-state index is 12.3. The molecule has 1 saturated heterocycles. The van der Waals surface area contributed by atoms with Crippen molar-refractivity contribution in [3.8, 4) is 0 Å². The molecular weight excluding hydrogens is 298 g/mol. The van der Waals surface area contributed by atoms with E-state index in [0.29, 0.717) is 17.1 Å². The summed E-state index contributed by atoms with van der Waals surface area (Å²) in [6.45, 7) is 3.87. The topological polar surface area (TPSA) is 64.1 Å². The lowest BCUT2D eigenvalue weighted by Crippen LogP contribution is -2.44. The average Bonchev–Trinajstić information content (AvgIpc) is 3.00. The molecule has 22 heavy (non-hydrogen) atoms. The number of nitrogens with one attached hydrogen (secondary N) is 1. The fourth-order valence-corrected chi connectivity index (χ4v) is 3.46. The first-order chi connectivity index (χ1) is 10.7. The number of ether oxygens (including phenoxy) is 1. The van der Waals surface area contributed by atoms with Gasteiger partial charge in [-0.05, 0) is 36.9 Å². The number of aromatic nitrogens is 2. The van der Waals surface area contributed by atoms with E-state index in [4.69, 9.17) is 4.74 Å². The van der Waals surface area contributed by atoms with Gasteiger partial charge in [-0.25, -0.2) is 0 Å². The van der Waals surface area contributed by atoms with Crippen LogP contribution in [0.15, 0.2) is 30.3 Å². The highest BCUT2D eigenvalue weighted by atomic mass is 32.1. The lowest BCUT2D eigenvalue weighted by molar-refractivity contribution is 0.0487. The summed E-state index contributed by atoms with van der Waals surface area (Å²) in [5.74, 6) is -0.0886. The third-order valence-corrected chi connectivity index (χ3v) is 5.11. The van der Waals surface area contributed by atoms with Crippen LogP contribution in [0.2, 0.25) is 0 Å². The van der Waals surface area contributed by atoms with Gasteiger partial charge in [-0.1, -0.05) is 34.8 Å². The van der Waals surface area contributed by atoms with E-state index in [1.165, 1.54) is 5.56 Å². The van der Waals surface area contributed by atoms with Gasteiger partial charge < -0.3 is 10.1 Å². The van der Waals surface area contributed by atoms with Crippen molar-refractivity contribution in [3.05, 3.63) is 46.5 Å². The fraction of sp³-hybridized carbons (Fsp3) is 0.438. The molecule has 6 heteroatoms. The molecule has 0 unspecified atom stereocenters. The molecule has 116 valence electrons. The fourth-order valence-electron chi connectivity index (χ4n) is 2.89. The summed E-state index contributed by atoms with van der Waals surface area (Å²) in [4.78, 5) is 12.9. The first-order valence-corrected chi connectivity index (χ1v) is 8.19.